The molecule has 1 N–H and O–H groups in total. The SMILES string of the molecule is COc1ccc(C)cc1NC(=O)C1CCCN1c1ccc(C(C)=O)cc1[N+](=O)[O-]. The number of Topliss-reactive ketones (excluding diaryl/α,β-unsaturated/α-hetero) is 1. The highest BCUT2D eigenvalue weighted by Gasteiger charge is 2.35. The van der Waals surface area contributed by atoms with Crippen molar-refractivity contribution in [3.05, 3.63) is 57.6 Å². The lowest BCUT2D eigenvalue weighted by Gasteiger charge is -2.26. The van der Waals surface area contributed by atoms with Crippen molar-refractivity contribution in [2.24, 2.45) is 0 Å². The lowest BCUT2D eigenvalue weighted by Crippen LogP contribution is -2.40. The van der Waals surface area contributed by atoms with Gasteiger partial charge in [0.25, 0.3) is 5.69 Å². The summed E-state index contributed by atoms with van der Waals surface area (Å²) in [4.78, 5) is 37.4. The maximum Gasteiger partial charge on any atom is 0.293 e. The third-order valence-corrected chi connectivity index (χ3v) is 5.06. The number of benzene rings is 2. The Labute approximate surface area is 168 Å². The molecular weight excluding hydrogens is 374 g/mol. The molecule has 152 valence electrons. The van der Waals surface area contributed by atoms with Crippen molar-refractivity contribution in [2.75, 3.05) is 23.9 Å². The van der Waals surface area contributed by atoms with Crippen molar-refractivity contribution in [1.82, 2.24) is 0 Å². The van der Waals surface area contributed by atoms with E-state index in [2.05, 4.69) is 5.32 Å². The lowest BCUT2D eigenvalue weighted by atomic mass is 10.1. The highest BCUT2D eigenvalue weighted by Crippen LogP contribution is 2.35. The summed E-state index contributed by atoms with van der Waals surface area (Å²) in [7, 11) is 1.53. The molecule has 1 atom stereocenters. The number of rotatable bonds is 6. The number of carbonyl (C=O) groups excluding carboxylic acids is 2. The Morgan fingerprint density at radius 1 is 1.24 bits per heavy atom. The molecule has 0 radical (unpaired) electrons. The van der Waals surface area contributed by atoms with E-state index in [9.17, 15) is 19.7 Å². The van der Waals surface area contributed by atoms with Crippen molar-refractivity contribution < 1.29 is 19.2 Å². The summed E-state index contributed by atoms with van der Waals surface area (Å²) in [6, 6.07) is 9.31. The highest BCUT2D eigenvalue weighted by molar-refractivity contribution is 5.99. The average Bonchev–Trinajstić information content (AvgIpc) is 3.17. The predicted octanol–water partition coefficient (Wildman–Crippen LogP) is 3.72. The van der Waals surface area contributed by atoms with Gasteiger partial charge in [0.2, 0.25) is 5.91 Å². The number of nitro benzene ring substituents is 1. The molecule has 0 saturated carbocycles. The van der Waals surface area contributed by atoms with E-state index >= 15 is 0 Å². The molecule has 1 saturated heterocycles. The first kappa shape index (κ1) is 20.3. The van der Waals surface area contributed by atoms with E-state index in [4.69, 9.17) is 4.74 Å². The summed E-state index contributed by atoms with van der Waals surface area (Å²) in [5, 5.41) is 14.5. The Hall–Kier alpha value is -3.42. The molecule has 0 spiro atoms. The number of hydrogen-bond acceptors (Lipinski definition) is 6. The van der Waals surface area contributed by atoms with E-state index in [1.54, 1.807) is 23.1 Å². The molecule has 1 aliphatic heterocycles. The van der Waals surface area contributed by atoms with Crippen molar-refractivity contribution in [3.8, 4) is 5.75 Å². The van der Waals surface area contributed by atoms with Gasteiger partial charge in [0.05, 0.1) is 17.7 Å². The van der Waals surface area contributed by atoms with E-state index in [0.717, 1.165) is 12.0 Å². The van der Waals surface area contributed by atoms with Gasteiger partial charge < -0.3 is 15.0 Å². The molecule has 0 aromatic heterocycles. The molecule has 8 nitrogen and oxygen atoms in total. The Balaban J connectivity index is 1.91. The smallest absolute Gasteiger partial charge is 0.293 e. The molecule has 3 rings (SSSR count). The number of methoxy groups -OCH3 is 1. The molecule has 1 aliphatic rings. The van der Waals surface area contributed by atoms with Crippen LogP contribution in [0.15, 0.2) is 36.4 Å². The Kier molecular flexibility index (Phi) is 5.81. The molecule has 1 fully saturated rings. The monoisotopic (exact) mass is 397 g/mol. The Bertz CT molecular complexity index is 973. The summed E-state index contributed by atoms with van der Waals surface area (Å²) in [5.41, 5.74) is 1.97. The normalized spacial score (nSPS) is 15.8. The molecule has 1 unspecified atom stereocenters. The van der Waals surface area contributed by atoms with Crippen LogP contribution in [-0.2, 0) is 4.79 Å². The van der Waals surface area contributed by atoms with E-state index < -0.39 is 11.0 Å². The first-order chi connectivity index (χ1) is 13.8. The molecule has 29 heavy (non-hydrogen) atoms. The number of nitro groups is 1. The van der Waals surface area contributed by atoms with Crippen LogP contribution in [0.25, 0.3) is 0 Å². The highest BCUT2D eigenvalue weighted by atomic mass is 16.6. The van der Waals surface area contributed by atoms with Crippen LogP contribution in [0.3, 0.4) is 0 Å². The van der Waals surface area contributed by atoms with Gasteiger partial charge in [-0.2, -0.15) is 0 Å². The van der Waals surface area contributed by atoms with E-state index in [0.29, 0.717) is 30.1 Å². The third kappa shape index (κ3) is 4.21. The summed E-state index contributed by atoms with van der Waals surface area (Å²) in [6.07, 6.45) is 1.31. The third-order valence-electron chi connectivity index (χ3n) is 5.06. The van der Waals surface area contributed by atoms with Gasteiger partial charge in [-0.15, -0.1) is 0 Å². The van der Waals surface area contributed by atoms with Gasteiger partial charge in [-0.25, -0.2) is 0 Å². The second kappa shape index (κ2) is 8.30. The molecule has 0 aliphatic carbocycles. The number of ketones is 1. The van der Waals surface area contributed by atoms with Crippen LogP contribution in [0.2, 0.25) is 0 Å². The fraction of sp³-hybridized carbons (Fsp3) is 0.333. The number of amides is 1. The molecule has 1 heterocycles. The summed E-state index contributed by atoms with van der Waals surface area (Å²) >= 11 is 0. The number of nitrogens with zero attached hydrogens (tertiary/aromatic N) is 2. The van der Waals surface area contributed by atoms with Gasteiger partial charge in [0.1, 0.15) is 17.5 Å². The average molecular weight is 397 g/mol. The number of aryl methyl sites for hydroxylation is 1. The number of hydrogen-bond donors (Lipinski definition) is 1. The molecule has 8 heteroatoms. The molecule has 2 aromatic rings. The molecule has 2 aromatic carbocycles. The van der Waals surface area contributed by atoms with Crippen LogP contribution >= 0.6 is 0 Å². The number of carbonyl (C=O) groups is 2. The van der Waals surface area contributed by atoms with E-state index in [1.165, 1.54) is 20.1 Å². The topological polar surface area (TPSA) is 102 Å². The first-order valence-corrected chi connectivity index (χ1v) is 9.33. The number of anilines is 2. The fourth-order valence-corrected chi connectivity index (χ4v) is 3.59. The van der Waals surface area contributed by atoms with Crippen LogP contribution < -0.4 is 15.0 Å². The fourth-order valence-electron chi connectivity index (χ4n) is 3.59. The molecule has 1 amide bonds. The number of nitrogens with one attached hydrogen (secondary N) is 1. The lowest BCUT2D eigenvalue weighted by molar-refractivity contribution is -0.384. The quantitative estimate of drug-likeness (QED) is 0.453. The van der Waals surface area contributed by atoms with Crippen LogP contribution in [0, 0.1) is 17.0 Å². The summed E-state index contributed by atoms with van der Waals surface area (Å²) in [5.74, 6) is 0.0449. The summed E-state index contributed by atoms with van der Waals surface area (Å²) in [6.45, 7) is 3.79. The van der Waals surface area contributed by atoms with E-state index in [-0.39, 0.29) is 22.9 Å². The van der Waals surface area contributed by atoms with Gasteiger partial charge in [-0.3, -0.25) is 19.7 Å². The van der Waals surface area contributed by atoms with Crippen molar-refractivity contribution >= 4 is 28.8 Å². The second-order valence-corrected chi connectivity index (χ2v) is 7.06. The zero-order valence-corrected chi connectivity index (χ0v) is 16.6. The van der Waals surface area contributed by atoms with Crippen LogP contribution in [-0.4, -0.2) is 36.3 Å². The zero-order chi connectivity index (χ0) is 21.1. The van der Waals surface area contributed by atoms with Gasteiger partial charge in [0, 0.05) is 18.2 Å². The minimum Gasteiger partial charge on any atom is -0.495 e. The minimum absolute atomic E-state index is 0.175. The van der Waals surface area contributed by atoms with E-state index in [1.807, 2.05) is 19.1 Å². The van der Waals surface area contributed by atoms with Crippen molar-refractivity contribution in [3.63, 3.8) is 0 Å². The first-order valence-electron chi connectivity index (χ1n) is 9.33. The minimum atomic E-state index is -0.554. The largest absolute Gasteiger partial charge is 0.495 e. The van der Waals surface area contributed by atoms with Gasteiger partial charge in [-0.05, 0) is 56.5 Å². The van der Waals surface area contributed by atoms with Crippen LogP contribution in [0.1, 0.15) is 35.7 Å². The Morgan fingerprint density at radius 2 is 2.00 bits per heavy atom. The molecular formula is C21H23N3O5. The second-order valence-electron chi connectivity index (χ2n) is 7.06. The van der Waals surface area contributed by atoms with Gasteiger partial charge >= 0.3 is 0 Å². The Morgan fingerprint density at radius 3 is 2.66 bits per heavy atom. The maximum atomic E-state index is 13.0. The van der Waals surface area contributed by atoms with Crippen molar-refractivity contribution in [2.45, 2.75) is 32.7 Å². The predicted molar refractivity (Wildman–Crippen MR) is 110 cm³/mol. The number of ether oxygens (including phenoxy) is 1. The van der Waals surface area contributed by atoms with Crippen LogP contribution in [0.5, 0.6) is 5.75 Å². The maximum absolute atomic E-state index is 13.0. The van der Waals surface area contributed by atoms with Gasteiger partial charge in [0.15, 0.2) is 5.78 Å². The van der Waals surface area contributed by atoms with Crippen LogP contribution in [0.4, 0.5) is 17.1 Å². The summed E-state index contributed by atoms with van der Waals surface area (Å²) < 4.78 is 5.31. The van der Waals surface area contributed by atoms with Crippen molar-refractivity contribution in [1.29, 1.82) is 0 Å². The van der Waals surface area contributed by atoms with Gasteiger partial charge in [-0.1, -0.05) is 6.07 Å². The standard InChI is InChI=1S/C21H23N3O5/c1-13-6-9-20(29-3)16(11-13)22-21(26)18-5-4-10-23(18)17-8-7-15(14(2)25)12-19(17)24(27)28/h6-9,11-12,18H,4-5,10H2,1-3H3,(H,22,26). The zero-order valence-electron chi connectivity index (χ0n) is 16.6. The molecule has 0 bridgehead atoms.